The maximum Gasteiger partial charge on any atom is 0.228 e. The lowest BCUT2D eigenvalue weighted by atomic mass is 10.2. The second-order valence-corrected chi connectivity index (χ2v) is 5.04. The Labute approximate surface area is 147 Å². The number of hydrogen-bond donors (Lipinski definition) is 3. The Morgan fingerprint density at radius 1 is 1.35 bits per heavy atom. The molecule has 1 heterocycles. The van der Waals surface area contributed by atoms with Gasteiger partial charge < -0.3 is 21.1 Å². The molecule has 0 spiro atoms. The van der Waals surface area contributed by atoms with Crippen LogP contribution in [0.4, 0.5) is 11.5 Å². The van der Waals surface area contributed by atoms with Crippen LogP contribution in [-0.2, 0) is 14.3 Å². The molecule has 0 saturated heterocycles. The largest absolute Gasteiger partial charge is 0.380 e. The van der Waals surface area contributed by atoms with Crippen LogP contribution in [0, 0.1) is 5.92 Å². The highest BCUT2D eigenvalue weighted by Gasteiger charge is 2.29. The minimum Gasteiger partial charge on any atom is -0.380 e. The molecular formula is C14H22Cl2N4O3. The third-order valence-electron chi connectivity index (χ3n) is 3.26. The predicted octanol–water partition coefficient (Wildman–Crippen LogP) is 1.58. The molecular weight excluding hydrogens is 343 g/mol. The number of pyridine rings is 1. The lowest BCUT2D eigenvalue weighted by Gasteiger charge is -2.12. The molecule has 0 bridgehead atoms. The smallest absolute Gasteiger partial charge is 0.228 e. The van der Waals surface area contributed by atoms with E-state index >= 15 is 0 Å². The lowest BCUT2D eigenvalue weighted by molar-refractivity contribution is -0.118. The van der Waals surface area contributed by atoms with Crippen LogP contribution in [0.2, 0.25) is 0 Å². The minimum absolute atomic E-state index is 0. The van der Waals surface area contributed by atoms with Gasteiger partial charge in [0.15, 0.2) is 0 Å². The number of carbonyl (C=O) groups excluding carboxylic acids is 2. The van der Waals surface area contributed by atoms with Gasteiger partial charge in [0.25, 0.3) is 0 Å². The Hall–Kier alpha value is -1.41. The summed E-state index contributed by atoms with van der Waals surface area (Å²) in [6.07, 6.45) is 3.29. The van der Waals surface area contributed by atoms with Gasteiger partial charge in [0, 0.05) is 19.6 Å². The maximum atomic E-state index is 11.8. The van der Waals surface area contributed by atoms with Crippen LogP contribution < -0.4 is 16.4 Å². The molecule has 130 valence electrons. The van der Waals surface area contributed by atoms with E-state index in [4.69, 9.17) is 10.5 Å². The van der Waals surface area contributed by atoms with Gasteiger partial charge >= 0.3 is 0 Å². The van der Waals surface area contributed by atoms with Crippen molar-refractivity contribution in [3.05, 3.63) is 18.3 Å². The van der Waals surface area contributed by atoms with E-state index in [-0.39, 0.29) is 61.6 Å². The van der Waals surface area contributed by atoms with Crippen molar-refractivity contribution in [3.63, 3.8) is 0 Å². The van der Waals surface area contributed by atoms with E-state index in [1.807, 2.05) is 0 Å². The van der Waals surface area contributed by atoms with Gasteiger partial charge in [0.2, 0.25) is 11.8 Å². The first-order valence-electron chi connectivity index (χ1n) is 6.92. The Morgan fingerprint density at radius 3 is 2.52 bits per heavy atom. The maximum absolute atomic E-state index is 11.8. The van der Waals surface area contributed by atoms with Crippen LogP contribution in [0.3, 0.4) is 0 Å². The number of nitrogens with two attached hydrogens (primary N) is 1. The van der Waals surface area contributed by atoms with Gasteiger partial charge in [-0.2, -0.15) is 0 Å². The molecule has 23 heavy (non-hydrogen) atoms. The first kappa shape index (κ1) is 21.6. The summed E-state index contributed by atoms with van der Waals surface area (Å²) >= 11 is 0. The van der Waals surface area contributed by atoms with Crippen molar-refractivity contribution in [1.82, 2.24) is 4.98 Å². The number of nitrogens with zero attached hydrogens (tertiary/aromatic N) is 1. The summed E-state index contributed by atoms with van der Waals surface area (Å²) in [4.78, 5) is 27.4. The van der Waals surface area contributed by atoms with Gasteiger partial charge in [-0.05, 0) is 25.0 Å². The first-order valence-corrected chi connectivity index (χ1v) is 6.92. The van der Waals surface area contributed by atoms with Crippen molar-refractivity contribution in [2.45, 2.75) is 25.4 Å². The quantitative estimate of drug-likeness (QED) is 0.680. The molecule has 1 aromatic heterocycles. The highest BCUT2D eigenvalue weighted by atomic mass is 35.5. The number of ether oxygens (including phenoxy) is 1. The van der Waals surface area contributed by atoms with E-state index in [9.17, 15) is 9.59 Å². The Balaban J connectivity index is 0.00000242. The van der Waals surface area contributed by atoms with Gasteiger partial charge in [-0.3, -0.25) is 9.59 Å². The Kier molecular flexibility index (Phi) is 9.74. The van der Waals surface area contributed by atoms with E-state index in [1.165, 1.54) is 13.3 Å². The van der Waals surface area contributed by atoms with Crippen LogP contribution in [0.15, 0.2) is 18.3 Å². The van der Waals surface area contributed by atoms with Crippen LogP contribution in [-0.4, -0.2) is 36.6 Å². The highest BCUT2D eigenvalue weighted by molar-refractivity contribution is 5.94. The summed E-state index contributed by atoms with van der Waals surface area (Å²) in [5.41, 5.74) is 6.03. The number of carbonyl (C=O) groups is 2. The number of methoxy groups -OCH3 is 1. The number of amides is 2. The van der Waals surface area contributed by atoms with E-state index < -0.39 is 0 Å². The van der Waals surface area contributed by atoms with Gasteiger partial charge in [-0.25, -0.2) is 4.98 Å². The van der Waals surface area contributed by atoms with Crippen LogP contribution in [0.25, 0.3) is 0 Å². The fraction of sp³-hybridized carbons (Fsp3) is 0.500. The second-order valence-electron chi connectivity index (χ2n) is 5.04. The predicted molar refractivity (Wildman–Crippen MR) is 93.2 cm³/mol. The zero-order valence-corrected chi connectivity index (χ0v) is 14.4. The number of anilines is 2. The molecule has 1 atom stereocenters. The third-order valence-corrected chi connectivity index (χ3v) is 3.26. The molecule has 0 aromatic carbocycles. The van der Waals surface area contributed by atoms with E-state index in [2.05, 4.69) is 15.6 Å². The fourth-order valence-electron chi connectivity index (χ4n) is 1.80. The molecule has 0 aliphatic heterocycles. The standard InChI is InChI=1S/C14H20N4O3.2ClH/c1-21-11(7-15)6-13(19)17-10-4-5-12(16-8-10)18-14(20)9-2-3-9;;/h4-5,8-9,11H,2-3,6-7,15H2,1H3,(H,17,19)(H,16,18,20);2*1H. The van der Waals surface area contributed by atoms with Gasteiger partial charge in [0.05, 0.1) is 24.4 Å². The molecule has 2 amide bonds. The van der Waals surface area contributed by atoms with Crippen molar-refractivity contribution in [1.29, 1.82) is 0 Å². The normalized spacial score (nSPS) is 14.0. The summed E-state index contributed by atoms with van der Waals surface area (Å²) in [6.45, 7) is 0.286. The molecule has 1 saturated carbocycles. The molecule has 1 fully saturated rings. The summed E-state index contributed by atoms with van der Waals surface area (Å²) < 4.78 is 5.05. The number of nitrogens with one attached hydrogen (secondary N) is 2. The number of halogens is 2. The minimum atomic E-state index is -0.296. The summed E-state index contributed by atoms with van der Waals surface area (Å²) in [7, 11) is 1.52. The van der Waals surface area contributed by atoms with Crippen molar-refractivity contribution in [2.24, 2.45) is 11.7 Å². The second kappa shape index (κ2) is 10.4. The SMILES string of the molecule is COC(CN)CC(=O)Nc1ccc(NC(=O)C2CC2)nc1.Cl.Cl. The van der Waals surface area contributed by atoms with Crippen molar-refractivity contribution in [2.75, 3.05) is 24.3 Å². The third kappa shape index (κ3) is 7.13. The van der Waals surface area contributed by atoms with E-state index in [0.29, 0.717) is 11.5 Å². The monoisotopic (exact) mass is 364 g/mol. The summed E-state index contributed by atoms with van der Waals surface area (Å²) in [6, 6.07) is 3.35. The molecule has 0 radical (unpaired) electrons. The molecule has 1 aliphatic rings. The van der Waals surface area contributed by atoms with Crippen molar-refractivity contribution < 1.29 is 14.3 Å². The Bertz CT molecular complexity index is 505. The number of rotatable bonds is 7. The molecule has 1 unspecified atom stereocenters. The topological polar surface area (TPSA) is 106 Å². The van der Waals surface area contributed by atoms with Crippen molar-refractivity contribution in [3.8, 4) is 0 Å². The fourth-order valence-corrected chi connectivity index (χ4v) is 1.80. The molecule has 4 N–H and O–H groups in total. The lowest BCUT2D eigenvalue weighted by Crippen LogP contribution is -2.28. The van der Waals surface area contributed by atoms with Crippen LogP contribution >= 0.6 is 24.8 Å². The van der Waals surface area contributed by atoms with Gasteiger partial charge in [-0.1, -0.05) is 0 Å². The summed E-state index contributed by atoms with van der Waals surface area (Å²) in [5.74, 6) is 0.434. The van der Waals surface area contributed by atoms with Gasteiger partial charge in [-0.15, -0.1) is 24.8 Å². The molecule has 7 nitrogen and oxygen atoms in total. The molecule has 1 aromatic rings. The van der Waals surface area contributed by atoms with Crippen LogP contribution in [0.1, 0.15) is 19.3 Å². The molecule has 1 aliphatic carbocycles. The average molecular weight is 365 g/mol. The van der Waals surface area contributed by atoms with Crippen molar-refractivity contribution >= 4 is 48.1 Å². The molecule has 9 heteroatoms. The number of hydrogen-bond acceptors (Lipinski definition) is 5. The zero-order valence-electron chi connectivity index (χ0n) is 12.8. The Morgan fingerprint density at radius 2 is 2.04 bits per heavy atom. The summed E-state index contributed by atoms with van der Waals surface area (Å²) in [5, 5.41) is 5.44. The zero-order chi connectivity index (χ0) is 15.2. The average Bonchev–Trinajstić information content (AvgIpc) is 3.31. The van der Waals surface area contributed by atoms with Crippen LogP contribution in [0.5, 0.6) is 0 Å². The van der Waals surface area contributed by atoms with Gasteiger partial charge in [0.1, 0.15) is 5.82 Å². The van der Waals surface area contributed by atoms with E-state index in [0.717, 1.165) is 12.8 Å². The highest BCUT2D eigenvalue weighted by Crippen LogP contribution is 2.29. The first-order chi connectivity index (χ1) is 10.1. The molecule has 2 rings (SSSR count). The number of aromatic nitrogens is 1. The van der Waals surface area contributed by atoms with E-state index in [1.54, 1.807) is 12.1 Å².